The molecule has 1 N–H and O–H groups in total. The minimum absolute atomic E-state index is 0.158. The van der Waals surface area contributed by atoms with Crippen LogP contribution in [0.1, 0.15) is 23.5 Å². The molecule has 3 aromatic rings. The maximum Gasteiger partial charge on any atom is 0.147 e. The summed E-state index contributed by atoms with van der Waals surface area (Å²) in [5.41, 5.74) is 2.23. The van der Waals surface area contributed by atoms with Crippen LogP contribution in [0.3, 0.4) is 0 Å². The second kappa shape index (κ2) is 4.62. The van der Waals surface area contributed by atoms with Gasteiger partial charge in [0.1, 0.15) is 17.2 Å². The minimum Gasteiger partial charge on any atom is -0.360 e. The van der Waals surface area contributed by atoms with E-state index >= 15 is 0 Å². The number of hydrogen-bond donors (Lipinski definition) is 1. The van der Waals surface area contributed by atoms with Crippen molar-refractivity contribution in [1.29, 1.82) is 0 Å². The number of fused-ring (bicyclic) bond motifs is 1. The van der Waals surface area contributed by atoms with Crippen molar-refractivity contribution in [1.82, 2.24) is 15.0 Å². The van der Waals surface area contributed by atoms with Crippen LogP contribution in [0, 0.1) is 6.92 Å². The summed E-state index contributed by atoms with van der Waals surface area (Å²) in [5.74, 6) is 0.890. The number of anilines is 1. The van der Waals surface area contributed by atoms with Crippen molar-refractivity contribution in [2.45, 2.75) is 19.9 Å². The first-order valence-corrected chi connectivity index (χ1v) is 7.36. The molecule has 3 rings (SSSR count). The standard InChI is InChI=1S/C12H12N4S2/c1-7-5-18-10-9(7)14-6-15-11(10)16-8(2)12-13-3-4-17-12/h3-6,8H,1-2H3,(H,14,15,16). The van der Waals surface area contributed by atoms with Crippen LogP contribution in [0.2, 0.25) is 0 Å². The molecule has 0 aromatic carbocycles. The van der Waals surface area contributed by atoms with Gasteiger partial charge < -0.3 is 5.32 Å². The second-order valence-electron chi connectivity index (χ2n) is 4.06. The molecule has 0 fully saturated rings. The van der Waals surface area contributed by atoms with Gasteiger partial charge in [0.25, 0.3) is 0 Å². The van der Waals surface area contributed by atoms with Gasteiger partial charge in [-0.25, -0.2) is 15.0 Å². The molecule has 0 bridgehead atoms. The van der Waals surface area contributed by atoms with E-state index in [1.54, 1.807) is 29.0 Å². The predicted molar refractivity (Wildman–Crippen MR) is 76.3 cm³/mol. The fourth-order valence-electron chi connectivity index (χ4n) is 1.79. The number of aryl methyl sites for hydroxylation is 1. The molecule has 0 aliphatic carbocycles. The number of nitrogens with zero attached hydrogens (tertiary/aromatic N) is 3. The van der Waals surface area contributed by atoms with E-state index in [1.807, 2.05) is 11.6 Å². The van der Waals surface area contributed by atoms with Gasteiger partial charge in [0.15, 0.2) is 0 Å². The third-order valence-corrected chi connectivity index (χ3v) is 4.76. The molecular formula is C12H12N4S2. The van der Waals surface area contributed by atoms with E-state index in [2.05, 4.69) is 39.5 Å². The zero-order valence-corrected chi connectivity index (χ0v) is 11.7. The summed E-state index contributed by atoms with van der Waals surface area (Å²) >= 11 is 3.32. The van der Waals surface area contributed by atoms with Gasteiger partial charge in [0.2, 0.25) is 0 Å². The molecule has 0 aliphatic rings. The summed E-state index contributed by atoms with van der Waals surface area (Å²) in [4.78, 5) is 13.0. The van der Waals surface area contributed by atoms with E-state index in [0.717, 1.165) is 21.0 Å². The van der Waals surface area contributed by atoms with Gasteiger partial charge in [0.05, 0.1) is 16.3 Å². The van der Waals surface area contributed by atoms with E-state index < -0.39 is 0 Å². The highest BCUT2D eigenvalue weighted by atomic mass is 32.1. The lowest BCUT2D eigenvalue weighted by atomic mass is 10.3. The van der Waals surface area contributed by atoms with E-state index in [-0.39, 0.29) is 6.04 Å². The molecular weight excluding hydrogens is 264 g/mol. The maximum atomic E-state index is 4.34. The molecule has 0 aliphatic heterocycles. The van der Waals surface area contributed by atoms with Crippen molar-refractivity contribution in [3.8, 4) is 0 Å². The third kappa shape index (κ3) is 1.97. The normalized spacial score (nSPS) is 12.8. The molecule has 1 unspecified atom stereocenters. The first kappa shape index (κ1) is 11.6. The van der Waals surface area contributed by atoms with Crippen molar-refractivity contribution in [2.75, 3.05) is 5.32 Å². The monoisotopic (exact) mass is 276 g/mol. The number of aromatic nitrogens is 3. The van der Waals surface area contributed by atoms with Gasteiger partial charge in [-0.3, -0.25) is 0 Å². The van der Waals surface area contributed by atoms with Crippen molar-refractivity contribution in [3.05, 3.63) is 33.9 Å². The van der Waals surface area contributed by atoms with E-state index in [0.29, 0.717) is 0 Å². The second-order valence-corrected chi connectivity index (χ2v) is 5.86. The quantitative estimate of drug-likeness (QED) is 0.793. The lowest BCUT2D eigenvalue weighted by Gasteiger charge is -2.12. The van der Waals surface area contributed by atoms with Crippen molar-refractivity contribution >= 4 is 38.7 Å². The van der Waals surface area contributed by atoms with Gasteiger partial charge in [-0.2, -0.15) is 0 Å². The minimum atomic E-state index is 0.158. The summed E-state index contributed by atoms with van der Waals surface area (Å²) in [7, 11) is 0. The maximum absolute atomic E-state index is 4.34. The first-order chi connectivity index (χ1) is 8.75. The summed E-state index contributed by atoms with van der Waals surface area (Å²) in [6.45, 7) is 4.16. The Kier molecular flexibility index (Phi) is 2.97. The third-order valence-electron chi connectivity index (χ3n) is 2.71. The van der Waals surface area contributed by atoms with Crippen LogP contribution >= 0.6 is 22.7 Å². The summed E-state index contributed by atoms with van der Waals surface area (Å²) in [5, 5.41) is 8.57. The lowest BCUT2D eigenvalue weighted by Crippen LogP contribution is -2.07. The Morgan fingerprint density at radius 1 is 1.22 bits per heavy atom. The molecule has 4 nitrogen and oxygen atoms in total. The number of nitrogens with one attached hydrogen (secondary N) is 1. The fraction of sp³-hybridized carbons (Fsp3) is 0.250. The fourth-order valence-corrected chi connectivity index (χ4v) is 3.39. The molecule has 0 spiro atoms. The Labute approximate surface area is 113 Å². The molecule has 0 radical (unpaired) electrons. The van der Waals surface area contributed by atoms with Gasteiger partial charge in [-0.15, -0.1) is 22.7 Å². The Morgan fingerprint density at radius 2 is 2.11 bits per heavy atom. The predicted octanol–water partition coefficient (Wildman–Crippen LogP) is 3.63. The molecule has 0 amide bonds. The zero-order chi connectivity index (χ0) is 12.5. The summed E-state index contributed by atoms with van der Waals surface area (Å²) < 4.78 is 1.11. The highest BCUT2D eigenvalue weighted by Gasteiger charge is 2.12. The van der Waals surface area contributed by atoms with E-state index in [9.17, 15) is 0 Å². The van der Waals surface area contributed by atoms with Crippen LogP contribution in [-0.2, 0) is 0 Å². The SMILES string of the molecule is Cc1csc2c(NC(C)c3nccs3)ncnc12. The van der Waals surface area contributed by atoms with Crippen LogP contribution in [0.25, 0.3) is 10.2 Å². The molecule has 18 heavy (non-hydrogen) atoms. The number of thiazole rings is 1. The van der Waals surface area contributed by atoms with Crippen LogP contribution in [0.4, 0.5) is 5.82 Å². The molecule has 3 aromatic heterocycles. The highest BCUT2D eigenvalue weighted by molar-refractivity contribution is 7.18. The van der Waals surface area contributed by atoms with Gasteiger partial charge in [-0.1, -0.05) is 0 Å². The van der Waals surface area contributed by atoms with Crippen molar-refractivity contribution in [3.63, 3.8) is 0 Å². The van der Waals surface area contributed by atoms with Crippen molar-refractivity contribution in [2.24, 2.45) is 0 Å². The highest BCUT2D eigenvalue weighted by Crippen LogP contribution is 2.30. The topological polar surface area (TPSA) is 50.7 Å². The average molecular weight is 276 g/mol. The van der Waals surface area contributed by atoms with Gasteiger partial charge in [0, 0.05) is 11.6 Å². The number of hydrogen-bond acceptors (Lipinski definition) is 6. The molecule has 92 valence electrons. The Hall–Kier alpha value is -1.53. The molecule has 6 heteroatoms. The van der Waals surface area contributed by atoms with Crippen LogP contribution in [0.5, 0.6) is 0 Å². The van der Waals surface area contributed by atoms with Crippen molar-refractivity contribution < 1.29 is 0 Å². The number of rotatable bonds is 3. The molecule has 0 saturated carbocycles. The molecule has 1 atom stereocenters. The molecule has 3 heterocycles. The average Bonchev–Trinajstić information content (AvgIpc) is 3.00. The largest absolute Gasteiger partial charge is 0.360 e. The smallest absolute Gasteiger partial charge is 0.147 e. The first-order valence-electron chi connectivity index (χ1n) is 5.60. The van der Waals surface area contributed by atoms with Crippen LogP contribution in [-0.4, -0.2) is 15.0 Å². The van der Waals surface area contributed by atoms with E-state index in [1.165, 1.54) is 5.56 Å². The summed E-state index contributed by atoms with van der Waals surface area (Å²) in [6, 6.07) is 0.158. The Balaban J connectivity index is 1.95. The Bertz CT molecular complexity index is 660. The molecule has 0 saturated heterocycles. The summed E-state index contributed by atoms with van der Waals surface area (Å²) in [6.07, 6.45) is 3.43. The number of thiophene rings is 1. The van der Waals surface area contributed by atoms with E-state index in [4.69, 9.17) is 0 Å². The van der Waals surface area contributed by atoms with Gasteiger partial charge >= 0.3 is 0 Å². The van der Waals surface area contributed by atoms with Crippen LogP contribution in [0.15, 0.2) is 23.3 Å². The zero-order valence-electron chi connectivity index (χ0n) is 10.0. The van der Waals surface area contributed by atoms with Crippen LogP contribution < -0.4 is 5.32 Å². The Morgan fingerprint density at radius 3 is 2.89 bits per heavy atom. The lowest BCUT2D eigenvalue weighted by molar-refractivity contribution is 0.862. The van der Waals surface area contributed by atoms with Gasteiger partial charge in [-0.05, 0) is 24.8 Å².